The van der Waals surface area contributed by atoms with Gasteiger partial charge in [-0.25, -0.2) is 0 Å². The summed E-state index contributed by atoms with van der Waals surface area (Å²) in [7, 11) is 0. The Balaban J connectivity index is 2.52. The molecule has 0 aromatic heterocycles. The lowest BCUT2D eigenvalue weighted by Gasteiger charge is -2.26. The zero-order valence-electron chi connectivity index (χ0n) is 11.6. The lowest BCUT2D eigenvalue weighted by atomic mass is 9.87. The van der Waals surface area contributed by atoms with Crippen LogP contribution in [0.25, 0.3) is 0 Å². The molecule has 0 radical (unpaired) electrons. The van der Waals surface area contributed by atoms with Gasteiger partial charge in [0.25, 0.3) is 0 Å². The van der Waals surface area contributed by atoms with E-state index in [0.717, 1.165) is 24.8 Å². The maximum atomic E-state index is 11.6. The van der Waals surface area contributed by atoms with Gasteiger partial charge in [-0.1, -0.05) is 50.1 Å². The van der Waals surface area contributed by atoms with Crippen molar-refractivity contribution in [3.05, 3.63) is 35.9 Å². The lowest BCUT2D eigenvalue weighted by molar-refractivity contribution is -0.124. The van der Waals surface area contributed by atoms with Gasteiger partial charge in [0.15, 0.2) is 0 Å². The molecule has 0 fully saturated rings. The fraction of sp³-hybridized carbons (Fsp3) is 0.533. The molecule has 106 valence electrons. The van der Waals surface area contributed by atoms with Gasteiger partial charge in [-0.15, -0.1) is 0 Å². The monoisotopic (exact) mass is 264 g/mol. The predicted molar refractivity (Wildman–Crippen MR) is 76.5 cm³/mol. The molecule has 1 unspecified atom stereocenters. The van der Waals surface area contributed by atoms with Crippen molar-refractivity contribution in [1.82, 2.24) is 0 Å². The minimum atomic E-state index is -1.15. The number of nitrogens with two attached hydrogens (primary N) is 2. The first-order valence-electron chi connectivity index (χ1n) is 6.83. The summed E-state index contributed by atoms with van der Waals surface area (Å²) in [6.45, 7) is 3.29. The van der Waals surface area contributed by atoms with Crippen LogP contribution in [-0.4, -0.2) is 19.1 Å². The Bertz CT molecular complexity index is 381. The molecule has 1 aromatic rings. The van der Waals surface area contributed by atoms with Crippen LogP contribution in [0.2, 0.25) is 0 Å². The van der Waals surface area contributed by atoms with Crippen LogP contribution in [0.15, 0.2) is 30.3 Å². The standard InChI is InChI=1S/C15H24N2O2/c1-2-3-7-11-19-12-10-15(17,14(16)18)13-8-5-4-6-9-13/h4-6,8-9H,2-3,7,10-12,17H2,1H3,(H2,16,18). The van der Waals surface area contributed by atoms with Crippen molar-refractivity contribution in [2.24, 2.45) is 11.5 Å². The molecule has 0 aliphatic rings. The summed E-state index contributed by atoms with van der Waals surface area (Å²) < 4.78 is 5.52. The topological polar surface area (TPSA) is 78.3 Å². The van der Waals surface area contributed by atoms with Crippen molar-refractivity contribution >= 4 is 5.91 Å². The van der Waals surface area contributed by atoms with Crippen LogP contribution in [0.4, 0.5) is 0 Å². The molecule has 1 atom stereocenters. The van der Waals surface area contributed by atoms with E-state index < -0.39 is 11.4 Å². The normalized spacial score (nSPS) is 14.0. The van der Waals surface area contributed by atoms with E-state index in [1.807, 2.05) is 30.3 Å². The minimum Gasteiger partial charge on any atom is -0.381 e. The first-order valence-corrected chi connectivity index (χ1v) is 6.83. The van der Waals surface area contributed by atoms with Gasteiger partial charge in [-0.3, -0.25) is 4.79 Å². The van der Waals surface area contributed by atoms with E-state index in [9.17, 15) is 4.79 Å². The smallest absolute Gasteiger partial charge is 0.242 e. The molecular formula is C15H24N2O2. The maximum Gasteiger partial charge on any atom is 0.242 e. The summed E-state index contributed by atoms with van der Waals surface area (Å²) in [5.41, 5.74) is 11.2. The van der Waals surface area contributed by atoms with Gasteiger partial charge in [-0.05, 0) is 12.0 Å². The third-order valence-electron chi connectivity index (χ3n) is 3.26. The van der Waals surface area contributed by atoms with Crippen LogP contribution in [-0.2, 0) is 15.1 Å². The number of hydrogen-bond acceptors (Lipinski definition) is 3. The Labute approximate surface area is 115 Å². The fourth-order valence-corrected chi connectivity index (χ4v) is 1.93. The van der Waals surface area contributed by atoms with Gasteiger partial charge < -0.3 is 16.2 Å². The van der Waals surface area contributed by atoms with Crippen molar-refractivity contribution < 1.29 is 9.53 Å². The van der Waals surface area contributed by atoms with Gasteiger partial charge in [0, 0.05) is 19.6 Å². The molecule has 0 bridgehead atoms. The van der Waals surface area contributed by atoms with E-state index >= 15 is 0 Å². The SMILES string of the molecule is CCCCCOCCC(N)(C(N)=O)c1ccccc1. The van der Waals surface area contributed by atoms with Gasteiger partial charge in [0.2, 0.25) is 5.91 Å². The molecule has 0 saturated carbocycles. The van der Waals surface area contributed by atoms with E-state index in [2.05, 4.69) is 6.92 Å². The molecule has 0 saturated heterocycles. The summed E-state index contributed by atoms with van der Waals surface area (Å²) >= 11 is 0. The second kappa shape index (κ2) is 7.92. The molecule has 4 heteroatoms. The summed E-state index contributed by atoms with van der Waals surface area (Å²) in [5.74, 6) is -0.518. The molecule has 19 heavy (non-hydrogen) atoms. The molecule has 4 nitrogen and oxygen atoms in total. The van der Waals surface area contributed by atoms with Crippen molar-refractivity contribution in [1.29, 1.82) is 0 Å². The number of primary amides is 1. The number of benzene rings is 1. The number of unbranched alkanes of at least 4 members (excludes halogenated alkanes) is 2. The fourth-order valence-electron chi connectivity index (χ4n) is 1.93. The quantitative estimate of drug-likeness (QED) is 0.669. The summed E-state index contributed by atoms with van der Waals surface area (Å²) in [6.07, 6.45) is 3.76. The van der Waals surface area contributed by atoms with Crippen LogP contribution in [0, 0.1) is 0 Å². The largest absolute Gasteiger partial charge is 0.381 e. The maximum absolute atomic E-state index is 11.6. The van der Waals surface area contributed by atoms with Crippen LogP contribution >= 0.6 is 0 Å². The first-order chi connectivity index (χ1) is 9.11. The van der Waals surface area contributed by atoms with Crippen molar-refractivity contribution in [3.63, 3.8) is 0 Å². The lowest BCUT2D eigenvalue weighted by Crippen LogP contribution is -2.49. The number of amides is 1. The number of hydrogen-bond donors (Lipinski definition) is 2. The van der Waals surface area contributed by atoms with Gasteiger partial charge in [0.05, 0.1) is 0 Å². The van der Waals surface area contributed by atoms with E-state index in [1.54, 1.807) is 0 Å². The third-order valence-corrected chi connectivity index (χ3v) is 3.26. The van der Waals surface area contributed by atoms with Crippen LogP contribution < -0.4 is 11.5 Å². The predicted octanol–water partition coefficient (Wildman–Crippen LogP) is 1.92. The Morgan fingerprint density at radius 1 is 1.21 bits per heavy atom. The number of rotatable bonds is 9. The highest BCUT2D eigenvalue weighted by atomic mass is 16.5. The Kier molecular flexibility index (Phi) is 6.53. The molecule has 0 spiro atoms. The Morgan fingerprint density at radius 3 is 2.47 bits per heavy atom. The second-order valence-electron chi connectivity index (χ2n) is 4.77. The highest BCUT2D eigenvalue weighted by molar-refractivity contribution is 5.85. The zero-order chi connectivity index (χ0) is 14.1. The average molecular weight is 264 g/mol. The third kappa shape index (κ3) is 4.65. The summed E-state index contributed by atoms with van der Waals surface area (Å²) in [6, 6.07) is 9.22. The Hall–Kier alpha value is -1.39. The molecule has 1 amide bonds. The first kappa shape index (κ1) is 15.7. The van der Waals surface area contributed by atoms with E-state index in [0.29, 0.717) is 19.6 Å². The molecule has 1 rings (SSSR count). The van der Waals surface area contributed by atoms with Gasteiger partial charge in [0.1, 0.15) is 5.54 Å². The zero-order valence-corrected chi connectivity index (χ0v) is 11.6. The van der Waals surface area contributed by atoms with Crippen molar-refractivity contribution in [3.8, 4) is 0 Å². The van der Waals surface area contributed by atoms with Crippen molar-refractivity contribution in [2.45, 2.75) is 38.1 Å². The van der Waals surface area contributed by atoms with Crippen molar-refractivity contribution in [2.75, 3.05) is 13.2 Å². The van der Waals surface area contributed by atoms with Crippen LogP contribution in [0.5, 0.6) is 0 Å². The second-order valence-corrected chi connectivity index (χ2v) is 4.77. The number of carbonyl (C=O) groups is 1. The van der Waals surface area contributed by atoms with E-state index in [-0.39, 0.29) is 0 Å². The average Bonchev–Trinajstić information content (AvgIpc) is 2.43. The molecule has 0 aliphatic carbocycles. The molecular weight excluding hydrogens is 240 g/mol. The molecule has 4 N–H and O–H groups in total. The highest BCUT2D eigenvalue weighted by Gasteiger charge is 2.33. The molecule has 1 aromatic carbocycles. The number of ether oxygens (including phenoxy) is 1. The summed E-state index contributed by atoms with van der Waals surface area (Å²) in [5, 5.41) is 0. The van der Waals surface area contributed by atoms with Crippen LogP contribution in [0.3, 0.4) is 0 Å². The van der Waals surface area contributed by atoms with Gasteiger partial charge >= 0.3 is 0 Å². The van der Waals surface area contributed by atoms with E-state index in [1.165, 1.54) is 0 Å². The number of carbonyl (C=O) groups excluding carboxylic acids is 1. The van der Waals surface area contributed by atoms with Gasteiger partial charge in [-0.2, -0.15) is 0 Å². The highest BCUT2D eigenvalue weighted by Crippen LogP contribution is 2.21. The molecule has 0 aliphatic heterocycles. The molecule has 0 heterocycles. The minimum absolute atomic E-state index is 0.401. The summed E-state index contributed by atoms with van der Waals surface area (Å²) in [4.78, 5) is 11.6. The van der Waals surface area contributed by atoms with Crippen LogP contribution in [0.1, 0.15) is 38.2 Å². The van der Waals surface area contributed by atoms with E-state index in [4.69, 9.17) is 16.2 Å². The Morgan fingerprint density at radius 2 is 1.89 bits per heavy atom.